The van der Waals surface area contributed by atoms with Crippen molar-refractivity contribution < 1.29 is 102 Å². The maximum absolute atomic E-state index is 11.3. The summed E-state index contributed by atoms with van der Waals surface area (Å²) in [5.41, 5.74) is -5.82. The summed E-state index contributed by atoms with van der Waals surface area (Å²) in [6.07, 6.45) is 12.4. The lowest BCUT2D eigenvalue weighted by Gasteiger charge is -2.41. The number of rotatable bonds is 45. The predicted molar refractivity (Wildman–Crippen MR) is 576 cm³/mol. The molecule has 0 spiro atoms. The van der Waals surface area contributed by atoms with E-state index in [2.05, 4.69) is 0 Å². The lowest BCUT2D eigenvalue weighted by atomic mass is 9.70. The zero-order chi connectivity index (χ0) is 111. The molecule has 0 saturated heterocycles. The molecule has 5 aromatic rings. The van der Waals surface area contributed by atoms with E-state index in [1.54, 1.807) is 138 Å². The first kappa shape index (κ1) is 133. The smallest absolute Gasteiger partial charge is 0.0872 e. The quantitative estimate of drug-likeness (QED) is 0.0172. The van der Waals surface area contributed by atoms with E-state index >= 15 is 0 Å². The predicted octanol–water partition coefficient (Wildman–Crippen LogP) is 23.6. The minimum Gasteiger partial charge on any atom is -0.385 e. The molecule has 810 valence electrons. The van der Waals surface area contributed by atoms with E-state index in [0.29, 0.717) is 272 Å². The van der Waals surface area contributed by atoms with Gasteiger partial charge >= 0.3 is 0 Å². The number of benzene rings is 5. The Morgan fingerprint density at radius 1 is 0.114 bits per heavy atom. The fourth-order valence-electron chi connectivity index (χ4n) is 19.5. The van der Waals surface area contributed by atoms with Crippen molar-refractivity contribution in [2.45, 2.75) is 584 Å². The zero-order valence-corrected chi connectivity index (χ0v) is 97.0. The minimum absolute atomic E-state index is 0.472. The lowest BCUT2D eigenvalue weighted by Crippen LogP contribution is -2.37. The van der Waals surface area contributed by atoms with Gasteiger partial charge in [0.05, 0.1) is 112 Å². The van der Waals surface area contributed by atoms with Gasteiger partial charge in [0.1, 0.15) is 0 Å². The van der Waals surface area contributed by atoms with E-state index in [9.17, 15) is 102 Å². The van der Waals surface area contributed by atoms with Gasteiger partial charge in [0.2, 0.25) is 0 Å². The normalized spacial score (nSPS) is 20.8. The van der Waals surface area contributed by atoms with Crippen molar-refractivity contribution in [1.29, 1.82) is 0 Å². The molecule has 0 aliphatic heterocycles. The second-order valence-corrected chi connectivity index (χ2v) is 45.3. The average molecular weight is 1970 g/mol. The molecule has 0 aliphatic rings. The van der Waals surface area contributed by atoms with Crippen LogP contribution in [0.2, 0.25) is 0 Å². The van der Waals surface area contributed by atoms with Gasteiger partial charge < -0.3 is 102 Å². The van der Waals surface area contributed by atoms with Crippen LogP contribution in [0.5, 0.6) is 0 Å². The van der Waals surface area contributed by atoms with Crippen LogP contribution in [0.4, 0.5) is 0 Å². The van der Waals surface area contributed by atoms with Crippen LogP contribution in [-0.2, 0) is 144 Å². The highest BCUT2D eigenvalue weighted by atomic mass is 16.3. The van der Waals surface area contributed by atoms with Crippen molar-refractivity contribution in [3.05, 3.63) is 169 Å². The Hall–Kier alpha value is -4.70. The molecule has 20 atom stereocenters. The molecule has 0 amide bonds. The third-order valence-corrected chi connectivity index (χ3v) is 33.9. The van der Waals surface area contributed by atoms with E-state index in [1.165, 1.54) is 0 Å². The molecule has 20 nitrogen and oxygen atoms in total. The van der Waals surface area contributed by atoms with Crippen LogP contribution in [0.1, 0.15) is 579 Å². The number of hydrogen-bond donors (Lipinski definition) is 20. The fourth-order valence-corrected chi connectivity index (χ4v) is 19.5. The summed E-state index contributed by atoms with van der Waals surface area (Å²) in [5.74, 6) is 0. The van der Waals surface area contributed by atoms with Crippen LogP contribution >= 0.6 is 0 Å². The van der Waals surface area contributed by atoms with Crippen LogP contribution in [0.3, 0.4) is 0 Å². The Morgan fingerprint density at radius 3 is 0.214 bits per heavy atom. The van der Waals surface area contributed by atoms with Gasteiger partial charge in [-0.1, -0.05) is 173 Å². The molecule has 20 heteroatoms. The molecule has 0 aliphatic carbocycles. The second-order valence-electron chi connectivity index (χ2n) is 45.3. The van der Waals surface area contributed by atoms with E-state index in [-0.39, 0.29) is 0 Å². The second kappa shape index (κ2) is 49.2. The van der Waals surface area contributed by atoms with Crippen molar-refractivity contribution >= 4 is 0 Å². The highest BCUT2D eigenvalue weighted by Gasteiger charge is 2.50. The van der Waals surface area contributed by atoms with Gasteiger partial charge in [-0.25, -0.2) is 0 Å². The largest absolute Gasteiger partial charge is 0.385 e. The summed E-state index contributed by atoms with van der Waals surface area (Å²) in [6.45, 7) is 83.3. The highest BCUT2D eigenvalue weighted by Crippen LogP contribution is 2.55. The summed E-state index contributed by atoms with van der Waals surface area (Å²) >= 11 is 0. The lowest BCUT2D eigenvalue weighted by molar-refractivity contribution is 0.0158. The Labute approximate surface area is 850 Å². The molecule has 0 aromatic heterocycles. The summed E-state index contributed by atoms with van der Waals surface area (Å²) in [6, 6.07) is 9.12. The molecule has 20 N–H and O–H groups in total. The molecule has 0 heterocycles. The molecule has 0 bridgehead atoms. The van der Waals surface area contributed by atoms with E-state index in [4.69, 9.17) is 0 Å². The van der Waals surface area contributed by atoms with Crippen LogP contribution in [-0.4, -0.2) is 102 Å². The molecule has 5 rings (SSSR count). The first-order valence-corrected chi connectivity index (χ1v) is 53.9. The van der Waals surface area contributed by atoms with E-state index in [1.807, 2.05) is 203 Å². The Kier molecular flexibility index (Phi) is 46.8. The fraction of sp³-hybridized carbons (Fsp3) is 0.750. The van der Waals surface area contributed by atoms with E-state index in [0.717, 1.165) is 27.8 Å². The Balaban J connectivity index is 0.000000875. The van der Waals surface area contributed by atoms with Crippen molar-refractivity contribution in [1.82, 2.24) is 0 Å². The van der Waals surface area contributed by atoms with Crippen molar-refractivity contribution in [2.24, 2.45) is 0 Å². The third-order valence-electron chi connectivity index (χ3n) is 33.9. The zero-order valence-electron chi connectivity index (χ0n) is 97.0. The van der Waals surface area contributed by atoms with Gasteiger partial charge in [-0.3, -0.25) is 0 Å². The highest BCUT2D eigenvalue weighted by molar-refractivity contribution is 5.60. The molecular formula is C120H210O20. The molecule has 20 unspecified atom stereocenters. The summed E-state index contributed by atoms with van der Waals surface area (Å²) in [4.78, 5) is 0. The van der Waals surface area contributed by atoms with Gasteiger partial charge in [-0.15, -0.1) is 0 Å². The summed E-state index contributed by atoms with van der Waals surface area (Å²) in [7, 11) is 0. The molecule has 0 fully saturated rings. The SMILES string of the molecule is CCc1c(C(C)(O)CC)c(C(C)(O)CC)cc(C(C)(O)CC)c1C(C)(O)CC.CCc1c(C(C)(O)CC)c(C(C)(O)CC)cc(C(C)(O)CC)c1C(C)(O)CC.CCc1c(C(C)(O)CC)c(C(C)(O)CC)cc(C(C)(O)CC)c1C(C)(O)CC.CCc1c(C(C)(O)CC)c(C(C)(O)CC)cc(C(C)(O)CC)c1C(C)(O)CC.CCc1c(C(C)(O)CC)c(C(C)(O)CC)cc(C(C)(O)CC)c1C(C)(O)CC. The van der Waals surface area contributed by atoms with Gasteiger partial charge in [0, 0.05) is 0 Å². The van der Waals surface area contributed by atoms with Crippen LogP contribution < -0.4 is 0 Å². The number of aliphatic hydroxyl groups is 20. The van der Waals surface area contributed by atoms with Crippen LogP contribution in [0.25, 0.3) is 0 Å². The van der Waals surface area contributed by atoms with Gasteiger partial charge in [-0.2, -0.15) is 0 Å². The maximum Gasteiger partial charge on any atom is 0.0872 e. The third kappa shape index (κ3) is 28.7. The van der Waals surface area contributed by atoms with Gasteiger partial charge in [0.15, 0.2) is 0 Å². The average Bonchev–Trinajstić information content (AvgIpc) is 0.744. The monoisotopic (exact) mass is 1970 g/mol. The standard InChI is InChI=1S/5C24H42O4/c5*1-10-16-19(23(8,27)13-4)17(21(6,25)11-2)15-18(22(7,26)12-3)20(16)24(9,28)14-5/h5*15,25-28H,10-14H2,1-9H3. The van der Waals surface area contributed by atoms with Crippen molar-refractivity contribution in [2.75, 3.05) is 0 Å². The minimum atomic E-state index is -1.16. The molecule has 0 saturated carbocycles. The van der Waals surface area contributed by atoms with Gasteiger partial charge in [0.25, 0.3) is 0 Å². The Morgan fingerprint density at radius 2 is 0.171 bits per heavy atom. The van der Waals surface area contributed by atoms with Crippen molar-refractivity contribution in [3.8, 4) is 0 Å². The molecular weight excluding hydrogens is 1760 g/mol. The maximum atomic E-state index is 11.3. The van der Waals surface area contributed by atoms with Crippen LogP contribution in [0.15, 0.2) is 30.3 Å². The topological polar surface area (TPSA) is 405 Å². The first-order chi connectivity index (χ1) is 63.3. The summed E-state index contributed by atoms with van der Waals surface area (Å²) in [5, 5.41) is 225. The number of hydrogen-bond acceptors (Lipinski definition) is 20. The molecule has 0 radical (unpaired) electrons. The Bertz CT molecular complexity index is 3840. The molecule has 5 aromatic carbocycles. The first-order valence-electron chi connectivity index (χ1n) is 53.9. The summed E-state index contributed by atoms with van der Waals surface area (Å²) < 4.78 is 0. The molecule has 140 heavy (non-hydrogen) atoms. The van der Waals surface area contributed by atoms with Crippen LogP contribution in [0, 0.1) is 0 Å². The van der Waals surface area contributed by atoms with Gasteiger partial charge in [-0.05, 0) is 468 Å². The van der Waals surface area contributed by atoms with Crippen molar-refractivity contribution in [3.63, 3.8) is 0 Å². The van der Waals surface area contributed by atoms with E-state index < -0.39 is 112 Å².